The van der Waals surface area contributed by atoms with Crippen LogP contribution in [0.15, 0.2) is 23.3 Å². The van der Waals surface area contributed by atoms with E-state index in [0.29, 0.717) is 42.4 Å². The number of hydrogen-bond donors (Lipinski definition) is 3. The number of aliphatic hydroxyl groups is 3. The number of ketones is 1. The van der Waals surface area contributed by atoms with Gasteiger partial charge in [0.15, 0.2) is 11.6 Å². The zero-order valence-corrected chi connectivity index (χ0v) is 47.3. The summed E-state index contributed by atoms with van der Waals surface area (Å²) < 4.78 is 63.7. The maximum absolute atomic E-state index is 13.1. The van der Waals surface area contributed by atoms with Gasteiger partial charge in [-0.2, -0.15) is 0 Å². The van der Waals surface area contributed by atoms with E-state index in [-0.39, 0.29) is 94.4 Å². The number of hydrogen-bond acceptors (Lipinski definition) is 11. The van der Waals surface area contributed by atoms with Gasteiger partial charge in [0.25, 0.3) is 0 Å². The van der Waals surface area contributed by atoms with Crippen molar-refractivity contribution < 1.29 is 81.0 Å². The van der Waals surface area contributed by atoms with Crippen LogP contribution in [0.3, 0.4) is 0 Å². The summed E-state index contributed by atoms with van der Waals surface area (Å²) in [7, 11) is -5.06. The zero-order valence-electron chi connectivity index (χ0n) is 44.5. The van der Waals surface area contributed by atoms with E-state index >= 15 is 0 Å². The molecule has 7 aliphatic carbocycles. The molecule has 11 nitrogen and oxygen atoms in total. The minimum Gasteiger partial charge on any atom is -0.726 e. The number of Topliss-reactive ketones (excluding diaryl/α,β-unsaturated/α-hetero) is 1. The van der Waals surface area contributed by atoms with E-state index < -0.39 is 56.7 Å². The maximum atomic E-state index is 13.1. The fourth-order valence-electron chi connectivity index (χ4n) is 19.8. The average molecular weight is 999 g/mol. The molecule has 0 radical (unpaired) electrons. The molecule has 0 amide bonds. The van der Waals surface area contributed by atoms with E-state index in [1.54, 1.807) is 0 Å². The molecule has 4 bridgehead atoms. The Morgan fingerprint density at radius 1 is 0.871 bits per heavy atom. The van der Waals surface area contributed by atoms with E-state index in [1.807, 2.05) is 27.7 Å². The molecule has 4 heterocycles. The van der Waals surface area contributed by atoms with Crippen molar-refractivity contribution >= 4 is 16.2 Å². The van der Waals surface area contributed by atoms with Crippen molar-refractivity contribution in [3.63, 3.8) is 0 Å². The van der Waals surface area contributed by atoms with Gasteiger partial charge in [-0.25, -0.2) is 8.42 Å². The molecule has 4 aliphatic heterocycles. The summed E-state index contributed by atoms with van der Waals surface area (Å²) in [5.41, 5.74) is 4.58. The van der Waals surface area contributed by atoms with Crippen LogP contribution in [0.4, 0.5) is 0 Å². The van der Waals surface area contributed by atoms with Crippen molar-refractivity contribution in [2.75, 3.05) is 6.61 Å². The van der Waals surface area contributed by atoms with E-state index in [9.17, 15) is 33.1 Å². The second-order valence-electron chi connectivity index (χ2n) is 27.4. The molecule has 13 heteroatoms. The van der Waals surface area contributed by atoms with Crippen molar-refractivity contribution in [1.82, 2.24) is 0 Å². The number of benzene rings is 1. The molecule has 18 atom stereocenters. The monoisotopic (exact) mass is 999 g/mol. The number of fused-ring (bicyclic) bond motifs is 11. The SMILES string of the molecule is C[C@@H]([C@H]1CC[C@H]2C3=C(CC[C@]12C)[C@@]12CO[C@](O)([C@@H](O)C1)C(C)(C)C2[C@@H](OS(=O)(=O)[O-])C3)[C@H]1C[C@@H]2C[C@@](C)(OC2(C)C)[C@H](CC[C@@H](C)[C@H]2CC[C@H]3c4ccc5c(c4CC[C@]23C)C[C@H](O)C(=O)C5(C)C)O1.[Na+]. The Morgan fingerprint density at radius 2 is 1.54 bits per heavy atom. The number of carbonyl (C=O) groups is 1. The molecule has 11 aliphatic rings. The quantitative estimate of drug-likeness (QED) is 0.118. The second kappa shape index (κ2) is 16.9. The van der Waals surface area contributed by atoms with Gasteiger partial charge in [0.2, 0.25) is 10.4 Å². The average Bonchev–Trinajstić information content (AvgIpc) is 3.84. The molecular weight excluding hydrogens is 916 g/mol. The molecule has 1 spiro atoms. The van der Waals surface area contributed by atoms with Crippen molar-refractivity contribution in [3.05, 3.63) is 45.5 Å². The van der Waals surface area contributed by atoms with Crippen LogP contribution < -0.4 is 29.6 Å². The number of rotatable bonds is 8. The van der Waals surface area contributed by atoms with E-state index in [0.717, 1.165) is 69.8 Å². The Labute approximate surface area is 441 Å². The first-order valence-electron chi connectivity index (χ1n) is 27.2. The van der Waals surface area contributed by atoms with Gasteiger partial charge in [-0.3, -0.25) is 8.98 Å². The Balaban J connectivity index is 0.00000567. The second-order valence-corrected chi connectivity index (χ2v) is 28.4. The van der Waals surface area contributed by atoms with Gasteiger partial charge in [-0.05, 0) is 199 Å². The van der Waals surface area contributed by atoms with Gasteiger partial charge in [0.1, 0.15) is 12.2 Å². The summed E-state index contributed by atoms with van der Waals surface area (Å²) in [6, 6.07) is 4.55. The fraction of sp³-hybridized carbons (Fsp3) is 0.842. The standard InChI is InChI=1S/C57H84O11S.Na/c1-30(37-15-17-40-34-13-14-39-35(33(34)20-22-53(37,40)9)25-43(58)49(60)50(39,3)4)12-19-47-55(11)27-32(52(7,8)68-55)24-44(66-47)31(2)38-16-18-41-36-26-45(67-69(62,63)64)48-51(5,6)57(61)46(59)28-56(48,29-65-57)42(36)21-23-54(38,41)10;/h13-14,30-32,37-38,40-41,43-48,58-59,61H,12,15-29H2,1-11H3,(H,62,63,64);/q;+1/p-1/t30-,31+,32-,37-,38-,40+,41+,43+,44-,45+,46+,47+,48?,53-,54-,55-,56+,57-;/m1./s1. The van der Waals surface area contributed by atoms with Gasteiger partial charge in [-0.1, -0.05) is 64.8 Å². The predicted octanol–water partition coefficient (Wildman–Crippen LogP) is 6.17. The largest absolute Gasteiger partial charge is 1.00 e. The zero-order chi connectivity index (χ0) is 49.6. The molecular formula is C57H83NaO11S. The smallest absolute Gasteiger partial charge is 0.726 e. The van der Waals surface area contributed by atoms with Crippen LogP contribution in [0.5, 0.6) is 0 Å². The van der Waals surface area contributed by atoms with Gasteiger partial charge in [0, 0.05) is 23.2 Å². The van der Waals surface area contributed by atoms with Gasteiger partial charge in [-0.15, -0.1) is 0 Å². The first kappa shape index (κ1) is 52.7. The molecule has 384 valence electrons. The molecule has 1 unspecified atom stereocenters. The van der Waals surface area contributed by atoms with E-state index in [4.69, 9.17) is 18.4 Å². The number of carbonyl (C=O) groups excluding carboxylic acids is 1. The first-order chi connectivity index (χ1) is 32.0. The van der Waals surface area contributed by atoms with E-state index in [2.05, 4.69) is 60.6 Å². The van der Waals surface area contributed by atoms with Crippen LogP contribution >= 0.6 is 0 Å². The summed E-state index contributed by atoms with van der Waals surface area (Å²) in [5, 5.41) is 34.1. The molecule has 12 rings (SSSR count). The number of aliphatic hydroxyl groups excluding tert-OH is 2. The van der Waals surface area contributed by atoms with Gasteiger partial charge in [0.05, 0.1) is 41.5 Å². The molecule has 3 N–H and O–H groups in total. The Bertz CT molecular complexity index is 2450. The van der Waals surface area contributed by atoms with Crippen LogP contribution in [0.1, 0.15) is 188 Å². The Hall–Kier alpha value is -0.740. The predicted molar refractivity (Wildman–Crippen MR) is 260 cm³/mol. The minimum atomic E-state index is -5.06. The van der Waals surface area contributed by atoms with Crippen LogP contribution in [0.2, 0.25) is 0 Å². The van der Waals surface area contributed by atoms with Gasteiger partial charge >= 0.3 is 29.6 Å². The minimum absolute atomic E-state index is 0. The summed E-state index contributed by atoms with van der Waals surface area (Å²) in [6.07, 6.45) is 10.2. The van der Waals surface area contributed by atoms with Crippen molar-refractivity contribution in [1.29, 1.82) is 0 Å². The summed E-state index contributed by atoms with van der Waals surface area (Å²) in [5.74, 6) is 0.261. The third-order valence-corrected chi connectivity index (χ3v) is 23.7. The van der Waals surface area contributed by atoms with Crippen molar-refractivity contribution in [3.8, 4) is 0 Å². The fourth-order valence-corrected chi connectivity index (χ4v) is 20.3. The summed E-state index contributed by atoms with van der Waals surface area (Å²) in [6.45, 7) is 24.5. The van der Waals surface area contributed by atoms with Crippen LogP contribution in [0.25, 0.3) is 0 Å². The van der Waals surface area contributed by atoms with Crippen LogP contribution in [-0.2, 0) is 51.8 Å². The van der Waals surface area contributed by atoms with Crippen molar-refractivity contribution in [2.45, 2.75) is 231 Å². The summed E-state index contributed by atoms with van der Waals surface area (Å²) >= 11 is 0. The summed E-state index contributed by atoms with van der Waals surface area (Å²) in [4.78, 5) is 13.1. The molecule has 70 heavy (non-hydrogen) atoms. The Morgan fingerprint density at radius 3 is 2.24 bits per heavy atom. The molecule has 1 aromatic rings. The van der Waals surface area contributed by atoms with Gasteiger partial charge < -0.3 is 34.1 Å². The maximum Gasteiger partial charge on any atom is 1.00 e. The molecule has 7 fully saturated rings. The molecule has 0 aromatic heterocycles. The van der Waals surface area contributed by atoms with Crippen LogP contribution in [-0.4, -0.2) is 88.2 Å². The molecule has 1 aromatic carbocycles. The topological polar surface area (TPSA) is 172 Å². The third-order valence-electron chi connectivity index (χ3n) is 23.2. The molecule has 4 saturated heterocycles. The Kier molecular flexibility index (Phi) is 12.7. The molecule has 3 saturated carbocycles. The third kappa shape index (κ3) is 7.36. The van der Waals surface area contributed by atoms with Crippen molar-refractivity contribution in [2.24, 2.45) is 63.1 Å². The first-order valence-corrected chi connectivity index (χ1v) is 28.5. The van der Waals surface area contributed by atoms with Crippen LogP contribution in [0, 0.1) is 63.1 Å². The number of ether oxygens (including phenoxy) is 3. The van der Waals surface area contributed by atoms with E-state index in [1.165, 1.54) is 40.7 Å². The normalized spacial score (nSPS) is 46.9.